The Labute approximate surface area is 50.0 Å². The first-order valence-electron chi connectivity index (χ1n) is 3.19. The highest BCUT2D eigenvalue weighted by molar-refractivity contribution is 5.56. The van der Waals surface area contributed by atoms with E-state index < -0.39 is 0 Å². The van der Waals surface area contributed by atoms with Crippen LogP contribution in [0.5, 0.6) is 0 Å². The van der Waals surface area contributed by atoms with E-state index in [1.165, 1.54) is 19.3 Å². The molecule has 1 rings (SSSR count). The molecule has 0 amide bonds. The van der Waals surface area contributed by atoms with E-state index >= 15 is 0 Å². The van der Waals surface area contributed by atoms with Crippen LogP contribution in [0, 0.1) is 0 Å². The van der Waals surface area contributed by atoms with Crippen LogP contribution in [-0.2, 0) is 0 Å². The van der Waals surface area contributed by atoms with Crippen LogP contribution < -0.4 is 5.32 Å². The summed E-state index contributed by atoms with van der Waals surface area (Å²) in [4.78, 5) is 4.09. The summed E-state index contributed by atoms with van der Waals surface area (Å²) in [6, 6.07) is 0. The van der Waals surface area contributed by atoms with Gasteiger partial charge in [-0.3, -0.25) is 10.3 Å². The zero-order valence-corrected chi connectivity index (χ0v) is 5.06. The summed E-state index contributed by atoms with van der Waals surface area (Å²) < 4.78 is 0. The van der Waals surface area contributed by atoms with Gasteiger partial charge >= 0.3 is 0 Å². The minimum absolute atomic E-state index is 0.819. The highest BCUT2D eigenvalue weighted by Crippen LogP contribution is 1.92. The molecule has 0 bridgehead atoms. The summed E-state index contributed by atoms with van der Waals surface area (Å²) in [5.74, 6) is 0. The van der Waals surface area contributed by atoms with Crippen molar-refractivity contribution in [3.8, 4) is 0 Å². The lowest BCUT2D eigenvalue weighted by Crippen LogP contribution is -2.16. The number of rotatable bonds is 0. The van der Waals surface area contributed by atoms with Gasteiger partial charge in [0.05, 0.1) is 6.67 Å². The smallest absolute Gasteiger partial charge is 0.0880 e. The van der Waals surface area contributed by atoms with Crippen molar-refractivity contribution < 1.29 is 0 Å². The maximum atomic E-state index is 4.09. The lowest BCUT2D eigenvalue weighted by Gasteiger charge is -2.02. The van der Waals surface area contributed by atoms with Crippen molar-refractivity contribution in [2.45, 2.75) is 19.3 Å². The van der Waals surface area contributed by atoms with Crippen LogP contribution in [0.1, 0.15) is 19.3 Å². The monoisotopic (exact) mass is 112 g/mol. The van der Waals surface area contributed by atoms with E-state index in [1.807, 2.05) is 6.21 Å². The first-order valence-corrected chi connectivity index (χ1v) is 3.19. The molecule has 1 heterocycles. The molecule has 0 spiro atoms. The lowest BCUT2D eigenvalue weighted by molar-refractivity contribution is 0.631. The standard InChI is InChI=1S/C6H12N2/c1-2-4-7-6-8-5-3-1/h4,8H,1-3,5-6H2. The van der Waals surface area contributed by atoms with Crippen LogP contribution >= 0.6 is 0 Å². The number of nitrogens with zero attached hydrogens (tertiary/aromatic N) is 1. The average molecular weight is 112 g/mol. The Balaban J connectivity index is 2.17. The van der Waals surface area contributed by atoms with Crippen molar-refractivity contribution in [3.63, 3.8) is 0 Å². The average Bonchev–Trinajstić information content (AvgIpc) is 1.62. The molecular formula is C6H12N2. The van der Waals surface area contributed by atoms with Crippen LogP contribution in [0.25, 0.3) is 0 Å². The quantitative estimate of drug-likeness (QED) is 0.492. The zero-order valence-electron chi connectivity index (χ0n) is 5.06. The molecule has 1 aliphatic heterocycles. The van der Waals surface area contributed by atoms with Crippen LogP contribution in [0.3, 0.4) is 0 Å². The molecule has 46 valence electrons. The molecular weight excluding hydrogens is 100 g/mol. The molecule has 0 aromatic rings. The van der Waals surface area contributed by atoms with E-state index in [9.17, 15) is 0 Å². The van der Waals surface area contributed by atoms with E-state index in [2.05, 4.69) is 10.3 Å². The molecule has 0 aliphatic carbocycles. The molecule has 8 heavy (non-hydrogen) atoms. The van der Waals surface area contributed by atoms with Gasteiger partial charge in [-0.15, -0.1) is 0 Å². The van der Waals surface area contributed by atoms with Crippen molar-refractivity contribution in [2.24, 2.45) is 4.99 Å². The Hall–Kier alpha value is -0.370. The normalized spacial score (nSPS) is 22.0. The van der Waals surface area contributed by atoms with Crippen molar-refractivity contribution in [2.75, 3.05) is 13.2 Å². The van der Waals surface area contributed by atoms with Crippen LogP contribution in [0.15, 0.2) is 4.99 Å². The maximum Gasteiger partial charge on any atom is 0.0880 e. The van der Waals surface area contributed by atoms with E-state index in [1.54, 1.807) is 0 Å². The summed E-state index contributed by atoms with van der Waals surface area (Å²) in [7, 11) is 0. The third kappa shape index (κ3) is 2.07. The van der Waals surface area contributed by atoms with Gasteiger partial charge in [-0.2, -0.15) is 0 Å². The molecule has 0 radical (unpaired) electrons. The second kappa shape index (κ2) is 3.61. The zero-order chi connectivity index (χ0) is 5.66. The van der Waals surface area contributed by atoms with E-state index in [0.29, 0.717) is 0 Å². The molecule has 0 aromatic heterocycles. The molecule has 2 nitrogen and oxygen atoms in total. The molecule has 1 aliphatic rings. The minimum Gasteiger partial charge on any atom is -0.298 e. The molecule has 0 aromatic carbocycles. The van der Waals surface area contributed by atoms with Crippen molar-refractivity contribution >= 4 is 6.21 Å². The largest absolute Gasteiger partial charge is 0.298 e. The highest BCUT2D eigenvalue weighted by atomic mass is 15.0. The lowest BCUT2D eigenvalue weighted by atomic mass is 10.2. The van der Waals surface area contributed by atoms with Crippen LogP contribution in [0.4, 0.5) is 0 Å². The van der Waals surface area contributed by atoms with Crippen LogP contribution in [-0.4, -0.2) is 19.4 Å². The summed E-state index contributed by atoms with van der Waals surface area (Å²) >= 11 is 0. The van der Waals surface area contributed by atoms with Gasteiger partial charge in [0.25, 0.3) is 0 Å². The fourth-order valence-corrected chi connectivity index (χ4v) is 0.785. The predicted molar refractivity (Wildman–Crippen MR) is 35.2 cm³/mol. The number of nitrogens with one attached hydrogen (secondary N) is 1. The Bertz CT molecular complexity index is 68.6. The van der Waals surface area contributed by atoms with Gasteiger partial charge < -0.3 is 0 Å². The Morgan fingerprint density at radius 2 is 2.38 bits per heavy atom. The second-order valence-corrected chi connectivity index (χ2v) is 2.02. The topological polar surface area (TPSA) is 24.4 Å². The highest BCUT2D eigenvalue weighted by Gasteiger charge is 1.88. The number of hydrogen-bond donors (Lipinski definition) is 1. The minimum atomic E-state index is 0.819. The molecule has 0 saturated heterocycles. The fraction of sp³-hybridized carbons (Fsp3) is 0.833. The number of aliphatic imine (C=N–C) groups is 1. The van der Waals surface area contributed by atoms with Crippen LogP contribution in [0.2, 0.25) is 0 Å². The molecule has 2 heteroatoms. The van der Waals surface area contributed by atoms with Gasteiger partial charge in [0.2, 0.25) is 0 Å². The Kier molecular flexibility index (Phi) is 2.60. The first-order chi connectivity index (χ1) is 4.00. The van der Waals surface area contributed by atoms with E-state index in [4.69, 9.17) is 0 Å². The van der Waals surface area contributed by atoms with Crippen molar-refractivity contribution in [1.29, 1.82) is 0 Å². The molecule has 0 atom stereocenters. The molecule has 0 unspecified atom stereocenters. The molecule has 0 saturated carbocycles. The summed E-state index contributed by atoms with van der Waals surface area (Å²) in [6.07, 6.45) is 5.76. The summed E-state index contributed by atoms with van der Waals surface area (Å²) in [6.45, 7) is 1.96. The molecule has 0 fully saturated rings. The van der Waals surface area contributed by atoms with Crippen molar-refractivity contribution in [1.82, 2.24) is 5.32 Å². The van der Waals surface area contributed by atoms with Crippen molar-refractivity contribution in [3.05, 3.63) is 0 Å². The Morgan fingerprint density at radius 1 is 1.38 bits per heavy atom. The SMILES string of the molecule is C1=NCNCCCC1. The summed E-state index contributed by atoms with van der Waals surface area (Å²) in [5, 5.41) is 3.19. The van der Waals surface area contributed by atoms with E-state index in [0.717, 1.165) is 13.2 Å². The third-order valence-electron chi connectivity index (χ3n) is 1.27. The van der Waals surface area contributed by atoms with Gasteiger partial charge in [0.15, 0.2) is 0 Å². The second-order valence-electron chi connectivity index (χ2n) is 2.02. The van der Waals surface area contributed by atoms with Gasteiger partial charge in [0.1, 0.15) is 0 Å². The van der Waals surface area contributed by atoms with Gasteiger partial charge in [0, 0.05) is 6.21 Å². The maximum absolute atomic E-state index is 4.09. The summed E-state index contributed by atoms with van der Waals surface area (Å²) in [5.41, 5.74) is 0. The van der Waals surface area contributed by atoms with E-state index in [-0.39, 0.29) is 0 Å². The molecule has 1 N–H and O–H groups in total. The van der Waals surface area contributed by atoms with Gasteiger partial charge in [-0.1, -0.05) is 0 Å². The third-order valence-corrected chi connectivity index (χ3v) is 1.27. The Morgan fingerprint density at radius 3 is 3.38 bits per heavy atom. The fourth-order valence-electron chi connectivity index (χ4n) is 0.785. The number of hydrogen-bond acceptors (Lipinski definition) is 2. The first kappa shape index (κ1) is 5.76. The van der Waals surface area contributed by atoms with Gasteiger partial charge in [-0.05, 0) is 25.8 Å². The van der Waals surface area contributed by atoms with Gasteiger partial charge in [-0.25, -0.2) is 0 Å². The predicted octanol–water partition coefficient (Wildman–Crippen LogP) is 0.788.